The lowest BCUT2D eigenvalue weighted by Gasteiger charge is -2.22. The van der Waals surface area contributed by atoms with Crippen LogP contribution >= 0.6 is 31.9 Å². The standard InChI is InChI=1S/C40H66N4O4.2CH3Br/c1-7-43(33-35-27-21-23-29-37(35)47-39(45)41(3)4)31-25-19-17-15-13-11-9-10-12-14-16-18-20-26-32-44(8-2)34-36-28-22-24-30-38(36)48-40(46)42(5)6;2*1-2/h21-24,27-30H,7-20,25-26,31-34H2,1-6H3;2*1H3. The Hall–Kier alpha value is -2.14. The van der Waals surface area contributed by atoms with Gasteiger partial charge in [0.05, 0.1) is 0 Å². The Labute approximate surface area is 335 Å². The summed E-state index contributed by atoms with van der Waals surface area (Å²) < 4.78 is 11.1. The molecular formula is C42H72Br2N4O4. The molecule has 2 rings (SSSR count). The molecule has 0 radical (unpaired) electrons. The van der Waals surface area contributed by atoms with Gasteiger partial charge in [0.2, 0.25) is 0 Å². The molecule has 2 amide bonds. The van der Waals surface area contributed by atoms with Crippen molar-refractivity contribution >= 4 is 44.0 Å². The molecule has 0 aliphatic rings. The van der Waals surface area contributed by atoms with Crippen molar-refractivity contribution < 1.29 is 19.1 Å². The Bertz CT molecular complexity index is 1080. The molecule has 0 atom stereocenters. The van der Waals surface area contributed by atoms with Crippen molar-refractivity contribution in [1.82, 2.24) is 19.6 Å². The lowest BCUT2D eigenvalue weighted by atomic mass is 10.0. The fourth-order valence-corrected chi connectivity index (χ4v) is 5.81. The third-order valence-corrected chi connectivity index (χ3v) is 8.95. The topological polar surface area (TPSA) is 65.6 Å². The number of benzene rings is 2. The summed E-state index contributed by atoms with van der Waals surface area (Å²) in [5.41, 5.74) is 2.13. The van der Waals surface area contributed by atoms with Crippen molar-refractivity contribution in [2.75, 3.05) is 66.0 Å². The number of alkyl halides is 2. The van der Waals surface area contributed by atoms with Crippen molar-refractivity contribution in [3.63, 3.8) is 0 Å². The number of para-hydroxylation sites is 2. The van der Waals surface area contributed by atoms with Gasteiger partial charge in [-0.05, 0) is 62.8 Å². The van der Waals surface area contributed by atoms with Gasteiger partial charge in [-0.2, -0.15) is 0 Å². The van der Waals surface area contributed by atoms with E-state index < -0.39 is 0 Å². The van der Waals surface area contributed by atoms with Crippen LogP contribution in [0.15, 0.2) is 48.5 Å². The van der Waals surface area contributed by atoms with Crippen molar-refractivity contribution in [3.8, 4) is 11.5 Å². The van der Waals surface area contributed by atoms with Crippen molar-refractivity contribution in [2.24, 2.45) is 0 Å². The van der Waals surface area contributed by atoms with Crippen LogP contribution in [0.4, 0.5) is 9.59 Å². The predicted molar refractivity (Wildman–Crippen MR) is 229 cm³/mol. The van der Waals surface area contributed by atoms with E-state index in [0.29, 0.717) is 11.5 Å². The van der Waals surface area contributed by atoms with Gasteiger partial charge in [0.1, 0.15) is 11.5 Å². The van der Waals surface area contributed by atoms with Crippen LogP contribution in [0, 0.1) is 0 Å². The number of ether oxygens (including phenoxy) is 2. The first-order chi connectivity index (χ1) is 25.2. The Kier molecular flexibility index (Phi) is 32.1. The quantitative estimate of drug-likeness (QED) is 0.0732. The summed E-state index contributed by atoms with van der Waals surface area (Å²) in [7, 11) is 6.82. The van der Waals surface area contributed by atoms with Crippen LogP contribution in [0.1, 0.15) is 115 Å². The van der Waals surface area contributed by atoms with E-state index in [1.165, 1.54) is 99.7 Å². The first-order valence-corrected chi connectivity index (χ1v) is 22.6. The summed E-state index contributed by atoms with van der Waals surface area (Å²) >= 11 is 5.88. The van der Waals surface area contributed by atoms with Crippen molar-refractivity contribution in [3.05, 3.63) is 59.7 Å². The smallest absolute Gasteiger partial charge is 0.410 e. The van der Waals surface area contributed by atoms with Crippen LogP contribution in [0.3, 0.4) is 0 Å². The molecule has 0 unspecified atom stereocenters. The Balaban J connectivity index is 0.00000627. The summed E-state index contributed by atoms with van der Waals surface area (Å²) in [5.74, 6) is 4.94. The lowest BCUT2D eigenvalue weighted by Crippen LogP contribution is -2.27. The second-order valence-corrected chi connectivity index (χ2v) is 13.4. The number of nitrogens with zero attached hydrogens (tertiary/aromatic N) is 4. The second kappa shape index (κ2) is 33.4. The molecule has 52 heavy (non-hydrogen) atoms. The molecular weight excluding hydrogens is 784 g/mol. The van der Waals surface area contributed by atoms with Crippen molar-refractivity contribution in [2.45, 2.75) is 117 Å². The largest absolute Gasteiger partial charge is 0.414 e. The van der Waals surface area contributed by atoms with Gasteiger partial charge >= 0.3 is 12.2 Å². The summed E-state index contributed by atoms with van der Waals surface area (Å²) in [6.07, 6.45) is 17.8. The molecule has 0 bridgehead atoms. The highest BCUT2D eigenvalue weighted by molar-refractivity contribution is 9.09. The molecule has 2 aromatic carbocycles. The van der Waals surface area contributed by atoms with E-state index in [1.807, 2.05) is 48.1 Å². The molecule has 0 N–H and O–H groups in total. The molecule has 2 aromatic rings. The normalized spacial score (nSPS) is 10.6. The predicted octanol–water partition coefficient (Wildman–Crippen LogP) is 11.6. The number of unbranched alkanes of at least 4 members (excludes halogenated alkanes) is 13. The summed E-state index contributed by atoms with van der Waals surface area (Å²) in [6.45, 7) is 10.1. The van der Waals surface area contributed by atoms with Gasteiger partial charge in [-0.3, -0.25) is 9.80 Å². The van der Waals surface area contributed by atoms with Crippen LogP contribution in [0.2, 0.25) is 0 Å². The van der Waals surface area contributed by atoms with E-state index in [1.54, 1.807) is 28.2 Å². The van der Waals surface area contributed by atoms with Crippen LogP contribution < -0.4 is 9.47 Å². The zero-order valence-corrected chi connectivity index (χ0v) is 37.1. The van der Waals surface area contributed by atoms with E-state index in [4.69, 9.17) is 9.47 Å². The zero-order chi connectivity index (χ0) is 39.0. The van der Waals surface area contributed by atoms with E-state index in [9.17, 15) is 9.59 Å². The highest BCUT2D eigenvalue weighted by Crippen LogP contribution is 2.22. The number of amides is 2. The van der Waals surface area contributed by atoms with E-state index in [2.05, 4.69) is 67.6 Å². The first-order valence-electron chi connectivity index (χ1n) is 19.4. The number of hydrogen-bond donors (Lipinski definition) is 0. The van der Waals surface area contributed by atoms with Gasteiger partial charge in [-0.15, -0.1) is 0 Å². The third kappa shape index (κ3) is 23.5. The van der Waals surface area contributed by atoms with Gasteiger partial charge in [0.25, 0.3) is 0 Å². The number of carbonyl (C=O) groups excluding carboxylic acids is 2. The van der Waals surface area contributed by atoms with Crippen molar-refractivity contribution in [1.29, 1.82) is 0 Å². The highest BCUT2D eigenvalue weighted by Gasteiger charge is 2.14. The maximum absolute atomic E-state index is 12.0. The highest BCUT2D eigenvalue weighted by atomic mass is 79.9. The summed E-state index contributed by atoms with van der Waals surface area (Å²) in [6, 6.07) is 15.7. The minimum Gasteiger partial charge on any atom is -0.410 e. The number of rotatable bonds is 25. The van der Waals surface area contributed by atoms with Crippen LogP contribution in [-0.4, -0.2) is 97.8 Å². The van der Waals surface area contributed by atoms with Crippen LogP contribution in [0.25, 0.3) is 0 Å². The fraction of sp³-hybridized carbons (Fsp3) is 0.667. The van der Waals surface area contributed by atoms with Gasteiger partial charge in [0, 0.05) is 52.4 Å². The number of halogens is 2. The summed E-state index contributed by atoms with van der Waals surface area (Å²) in [4.78, 5) is 31.9. The molecule has 0 spiro atoms. The van der Waals surface area contributed by atoms with Crippen LogP contribution in [-0.2, 0) is 13.1 Å². The monoisotopic (exact) mass is 854 g/mol. The third-order valence-electron chi connectivity index (χ3n) is 8.95. The average molecular weight is 857 g/mol. The molecule has 8 nitrogen and oxygen atoms in total. The van der Waals surface area contributed by atoms with Gasteiger partial charge < -0.3 is 19.3 Å². The summed E-state index contributed by atoms with van der Waals surface area (Å²) in [5, 5.41) is 0. The first kappa shape index (κ1) is 49.9. The van der Waals surface area contributed by atoms with E-state index in [0.717, 1.165) is 50.4 Å². The average Bonchev–Trinajstić information content (AvgIpc) is 3.16. The molecule has 298 valence electrons. The Morgan fingerprint density at radius 1 is 0.481 bits per heavy atom. The molecule has 0 heterocycles. The van der Waals surface area contributed by atoms with E-state index in [-0.39, 0.29) is 12.2 Å². The molecule has 0 fully saturated rings. The molecule has 0 aliphatic carbocycles. The lowest BCUT2D eigenvalue weighted by molar-refractivity contribution is 0.169. The van der Waals surface area contributed by atoms with Gasteiger partial charge in [-0.1, -0.05) is 159 Å². The molecule has 0 aliphatic heterocycles. The number of hydrogen-bond acceptors (Lipinski definition) is 6. The minimum absolute atomic E-state index is 0.338. The molecule has 0 aromatic heterocycles. The molecule has 10 heteroatoms. The second-order valence-electron chi connectivity index (χ2n) is 13.4. The number of carbonyl (C=O) groups is 2. The van der Waals surface area contributed by atoms with Crippen LogP contribution in [0.5, 0.6) is 11.5 Å². The molecule has 0 saturated heterocycles. The maximum Gasteiger partial charge on any atom is 0.414 e. The zero-order valence-electron chi connectivity index (χ0n) is 33.9. The Morgan fingerprint density at radius 2 is 0.750 bits per heavy atom. The Morgan fingerprint density at radius 3 is 1.02 bits per heavy atom. The SMILES string of the molecule is CBr.CBr.CCN(CCCCCCCCCCCCCCCCN(CC)Cc1ccccc1OC(=O)N(C)C)Cc1ccccc1OC(=O)N(C)C. The minimum atomic E-state index is -0.338. The molecule has 0 saturated carbocycles. The van der Waals surface area contributed by atoms with E-state index >= 15 is 0 Å². The fourth-order valence-electron chi connectivity index (χ4n) is 5.81. The van der Waals surface area contributed by atoms with Gasteiger partial charge in [-0.25, -0.2) is 9.59 Å². The van der Waals surface area contributed by atoms with Gasteiger partial charge in [0.15, 0.2) is 0 Å². The maximum atomic E-state index is 12.0.